The summed E-state index contributed by atoms with van der Waals surface area (Å²) in [5.41, 5.74) is 5.21. The van der Waals surface area contributed by atoms with Gasteiger partial charge < -0.3 is 4.52 Å². The third-order valence-electron chi connectivity index (χ3n) is 4.31. The molecule has 0 amide bonds. The molecule has 2 aromatic rings. The summed E-state index contributed by atoms with van der Waals surface area (Å²) in [6, 6.07) is 9.25. The maximum absolute atomic E-state index is 5.23. The Morgan fingerprint density at radius 2 is 2.05 bits per heavy atom. The summed E-state index contributed by atoms with van der Waals surface area (Å²) in [5.74, 6) is 0.901. The van der Waals surface area contributed by atoms with E-state index < -0.39 is 0 Å². The molecule has 0 radical (unpaired) electrons. The van der Waals surface area contributed by atoms with Crippen molar-refractivity contribution >= 4 is 0 Å². The fraction of sp³-hybridized carbons (Fsp3) is 0.471. The highest BCUT2D eigenvalue weighted by molar-refractivity contribution is 5.30. The van der Waals surface area contributed by atoms with Gasteiger partial charge in [-0.15, -0.1) is 0 Å². The maximum Gasteiger partial charge on any atom is 0.133 e. The Hall–Kier alpha value is -1.61. The zero-order valence-corrected chi connectivity index (χ0v) is 12.5. The number of hydrogen-bond donors (Lipinski definition) is 0. The second-order valence-corrected chi connectivity index (χ2v) is 5.91. The highest BCUT2D eigenvalue weighted by Gasteiger charge is 2.28. The van der Waals surface area contributed by atoms with Crippen LogP contribution in [0.4, 0.5) is 0 Å². The molecule has 3 nitrogen and oxygen atoms in total. The van der Waals surface area contributed by atoms with Crippen molar-refractivity contribution in [3.8, 4) is 0 Å². The number of nitrogens with zero attached hydrogens (tertiary/aromatic N) is 2. The number of likely N-dealkylation sites (tertiary alicyclic amines) is 1. The Morgan fingerprint density at radius 3 is 2.75 bits per heavy atom. The summed E-state index contributed by atoms with van der Waals surface area (Å²) in [6.45, 7) is 8.44. The van der Waals surface area contributed by atoms with Gasteiger partial charge in [0.25, 0.3) is 0 Å². The molecule has 1 aliphatic heterocycles. The van der Waals surface area contributed by atoms with Gasteiger partial charge in [-0.1, -0.05) is 23.4 Å². The Morgan fingerprint density at radius 1 is 1.20 bits per heavy atom. The lowest BCUT2D eigenvalue weighted by atomic mass is 10.1. The van der Waals surface area contributed by atoms with Crippen molar-refractivity contribution in [2.24, 2.45) is 0 Å². The molecule has 0 aliphatic carbocycles. The molecule has 1 aromatic carbocycles. The first-order valence-electron chi connectivity index (χ1n) is 7.37. The van der Waals surface area contributed by atoms with Crippen LogP contribution in [0, 0.1) is 20.8 Å². The molecule has 0 spiro atoms. The van der Waals surface area contributed by atoms with Gasteiger partial charge in [-0.3, -0.25) is 4.90 Å². The van der Waals surface area contributed by atoms with E-state index in [2.05, 4.69) is 48.2 Å². The molecule has 0 saturated carbocycles. The molecule has 3 heteroatoms. The largest absolute Gasteiger partial charge is 0.361 e. The van der Waals surface area contributed by atoms with Crippen LogP contribution in [0.2, 0.25) is 0 Å². The van der Waals surface area contributed by atoms with Crippen LogP contribution in [-0.4, -0.2) is 16.6 Å². The first-order chi connectivity index (χ1) is 9.63. The number of benzene rings is 1. The van der Waals surface area contributed by atoms with Crippen LogP contribution in [0.15, 0.2) is 28.8 Å². The second kappa shape index (κ2) is 5.41. The normalized spacial score (nSPS) is 19.6. The fourth-order valence-electron chi connectivity index (χ4n) is 3.03. The van der Waals surface area contributed by atoms with Gasteiger partial charge in [0.2, 0.25) is 0 Å². The van der Waals surface area contributed by atoms with Gasteiger partial charge in [0.1, 0.15) is 11.5 Å². The number of rotatable bonds is 3. The Bertz CT molecular complexity index is 603. The zero-order valence-electron chi connectivity index (χ0n) is 12.5. The highest BCUT2D eigenvalue weighted by Crippen LogP contribution is 2.32. The van der Waals surface area contributed by atoms with Crippen molar-refractivity contribution in [3.63, 3.8) is 0 Å². The lowest BCUT2D eigenvalue weighted by molar-refractivity contribution is 0.236. The second-order valence-electron chi connectivity index (χ2n) is 5.91. The van der Waals surface area contributed by atoms with Crippen LogP contribution in [-0.2, 0) is 6.54 Å². The van der Waals surface area contributed by atoms with Crippen LogP contribution < -0.4 is 0 Å². The van der Waals surface area contributed by atoms with Gasteiger partial charge >= 0.3 is 0 Å². The quantitative estimate of drug-likeness (QED) is 0.846. The van der Waals surface area contributed by atoms with E-state index in [-0.39, 0.29) is 0 Å². The van der Waals surface area contributed by atoms with Crippen molar-refractivity contribution in [2.45, 2.75) is 46.2 Å². The van der Waals surface area contributed by atoms with Gasteiger partial charge in [-0.2, -0.15) is 0 Å². The van der Waals surface area contributed by atoms with Gasteiger partial charge in [0.05, 0.1) is 6.04 Å². The first kappa shape index (κ1) is 13.4. The molecule has 2 heterocycles. The Labute approximate surface area is 120 Å². The smallest absolute Gasteiger partial charge is 0.133 e. The van der Waals surface area contributed by atoms with Gasteiger partial charge in [0, 0.05) is 12.6 Å². The average Bonchev–Trinajstić information content (AvgIpc) is 3.03. The number of aromatic nitrogens is 1. The standard InChI is InChI=1S/C17H22N2O/c1-12-6-7-15(9-13(12)2)11-19-8-4-5-17(19)16-10-14(3)20-18-16/h6-7,9-10,17H,4-5,8,11H2,1-3H3/t17-/m1/s1. The molecule has 1 saturated heterocycles. The fourth-order valence-corrected chi connectivity index (χ4v) is 3.03. The summed E-state index contributed by atoms with van der Waals surface area (Å²) in [6.07, 6.45) is 2.41. The molecule has 1 aromatic heterocycles. The minimum absolute atomic E-state index is 0.411. The molecule has 1 fully saturated rings. The van der Waals surface area contributed by atoms with Crippen molar-refractivity contribution < 1.29 is 4.52 Å². The summed E-state index contributed by atoms with van der Waals surface area (Å²) < 4.78 is 5.23. The van der Waals surface area contributed by atoms with Gasteiger partial charge in [-0.05, 0) is 56.8 Å². The molecule has 1 atom stereocenters. The first-order valence-corrected chi connectivity index (χ1v) is 7.37. The van der Waals surface area contributed by atoms with E-state index in [9.17, 15) is 0 Å². The minimum Gasteiger partial charge on any atom is -0.361 e. The van der Waals surface area contributed by atoms with E-state index in [0.29, 0.717) is 6.04 Å². The Kier molecular flexibility index (Phi) is 3.62. The summed E-state index contributed by atoms with van der Waals surface area (Å²) >= 11 is 0. The predicted molar refractivity (Wildman–Crippen MR) is 79.5 cm³/mol. The molecular weight excluding hydrogens is 248 g/mol. The Balaban J connectivity index is 1.77. The third-order valence-corrected chi connectivity index (χ3v) is 4.31. The van der Waals surface area contributed by atoms with Gasteiger partial charge in [0.15, 0.2) is 0 Å². The molecule has 0 N–H and O–H groups in total. The zero-order chi connectivity index (χ0) is 14.1. The van der Waals surface area contributed by atoms with Crippen molar-refractivity contribution in [2.75, 3.05) is 6.54 Å². The molecule has 3 rings (SSSR count). The van der Waals surface area contributed by atoms with E-state index in [4.69, 9.17) is 4.52 Å². The number of aryl methyl sites for hydroxylation is 3. The summed E-state index contributed by atoms with van der Waals surface area (Å²) in [5, 5.41) is 4.20. The van der Waals surface area contributed by atoms with E-state index in [1.54, 1.807) is 0 Å². The maximum atomic E-state index is 5.23. The molecule has 0 bridgehead atoms. The lowest BCUT2D eigenvalue weighted by Gasteiger charge is -2.23. The molecule has 20 heavy (non-hydrogen) atoms. The van der Waals surface area contributed by atoms with E-state index in [1.165, 1.54) is 29.5 Å². The molecule has 106 valence electrons. The van der Waals surface area contributed by atoms with Crippen molar-refractivity contribution in [3.05, 3.63) is 52.4 Å². The molecule has 1 aliphatic rings. The number of hydrogen-bond acceptors (Lipinski definition) is 3. The molecule has 0 unspecified atom stereocenters. The van der Waals surface area contributed by atoms with Gasteiger partial charge in [-0.25, -0.2) is 0 Å². The monoisotopic (exact) mass is 270 g/mol. The van der Waals surface area contributed by atoms with E-state index in [0.717, 1.165) is 24.5 Å². The van der Waals surface area contributed by atoms with E-state index in [1.807, 2.05) is 6.92 Å². The third kappa shape index (κ3) is 2.63. The van der Waals surface area contributed by atoms with E-state index >= 15 is 0 Å². The van der Waals surface area contributed by atoms with Crippen LogP contribution >= 0.6 is 0 Å². The summed E-state index contributed by atoms with van der Waals surface area (Å²) in [4.78, 5) is 2.52. The predicted octanol–water partition coefficient (Wildman–Crippen LogP) is 3.94. The minimum atomic E-state index is 0.411. The van der Waals surface area contributed by atoms with Crippen LogP contribution in [0.25, 0.3) is 0 Å². The molecular formula is C17H22N2O. The topological polar surface area (TPSA) is 29.3 Å². The van der Waals surface area contributed by atoms with Crippen molar-refractivity contribution in [1.29, 1.82) is 0 Å². The van der Waals surface area contributed by atoms with Crippen LogP contribution in [0.3, 0.4) is 0 Å². The summed E-state index contributed by atoms with van der Waals surface area (Å²) in [7, 11) is 0. The van der Waals surface area contributed by atoms with Crippen LogP contribution in [0.1, 0.15) is 47.0 Å². The lowest BCUT2D eigenvalue weighted by Crippen LogP contribution is -2.23. The highest BCUT2D eigenvalue weighted by atomic mass is 16.5. The van der Waals surface area contributed by atoms with Crippen LogP contribution in [0.5, 0.6) is 0 Å². The average molecular weight is 270 g/mol. The van der Waals surface area contributed by atoms with Crippen molar-refractivity contribution in [1.82, 2.24) is 10.1 Å². The SMILES string of the molecule is Cc1cc([C@H]2CCCN2Cc2ccc(C)c(C)c2)no1.